The third-order valence-corrected chi connectivity index (χ3v) is 21.5. The molecule has 4 aromatic rings. The summed E-state index contributed by atoms with van der Waals surface area (Å²) in [4.78, 5) is 0.831. The van der Waals surface area contributed by atoms with Crippen LogP contribution < -0.4 is 0 Å². The van der Waals surface area contributed by atoms with E-state index in [2.05, 4.69) is 0 Å². The van der Waals surface area contributed by atoms with Gasteiger partial charge in [0.05, 0.1) is 19.6 Å². The second-order valence-electron chi connectivity index (χ2n) is 19.2. The molecule has 0 bridgehead atoms. The fourth-order valence-electron chi connectivity index (χ4n) is 10.0. The van der Waals surface area contributed by atoms with E-state index in [-0.39, 0.29) is 78.1 Å². The first-order valence-corrected chi connectivity index (χ1v) is 29.0. The number of sulfonamides is 4. The number of benzene rings is 4. The van der Waals surface area contributed by atoms with Crippen LogP contribution in [0.3, 0.4) is 0 Å². The predicted octanol–water partition coefficient (Wildman–Crippen LogP) is 9.44. The van der Waals surface area contributed by atoms with E-state index in [0.29, 0.717) is 44.5 Å². The lowest BCUT2D eigenvalue weighted by Gasteiger charge is -2.30. The van der Waals surface area contributed by atoms with Crippen LogP contribution in [0.2, 0.25) is 0 Å². The summed E-state index contributed by atoms with van der Waals surface area (Å²) in [5, 5.41) is 0. The summed E-state index contributed by atoms with van der Waals surface area (Å²) in [5.74, 6) is 0. The molecule has 0 saturated heterocycles. The van der Waals surface area contributed by atoms with Crippen LogP contribution in [0.5, 0.6) is 0 Å². The summed E-state index contributed by atoms with van der Waals surface area (Å²) in [6, 6.07) is 13.8. The molecule has 0 fully saturated rings. The molecule has 0 atom stereocenters. The van der Waals surface area contributed by atoms with Gasteiger partial charge in [-0.2, -0.15) is 17.2 Å². The van der Waals surface area contributed by atoms with Crippen LogP contribution in [-0.4, -0.2) is 102 Å². The first kappa shape index (κ1) is 56.1. The fraction of sp³-hybridized carbons (Fsp3) is 0.529. The summed E-state index contributed by atoms with van der Waals surface area (Å²) in [6.45, 7) is 28.9. The van der Waals surface area contributed by atoms with Gasteiger partial charge in [0.25, 0.3) is 0 Å². The Hall–Kier alpha value is -3.48. The Morgan fingerprint density at radius 3 is 0.687 bits per heavy atom. The molecule has 16 heteroatoms. The third kappa shape index (κ3) is 12.7. The average Bonchev–Trinajstić information content (AvgIpc) is 3.13. The third-order valence-electron chi connectivity index (χ3n) is 12.3. The fourth-order valence-corrected chi connectivity index (χ4v) is 18.1. The van der Waals surface area contributed by atoms with Crippen LogP contribution in [-0.2, 0) is 40.1 Å². The van der Waals surface area contributed by atoms with Crippen molar-refractivity contribution in [2.24, 2.45) is 0 Å². The Balaban J connectivity index is 1.72. The molecule has 0 N–H and O–H groups in total. The molecule has 0 heterocycles. The maximum atomic E-state index is 14.8. The zero-order chi connectivity index (χ0) is 50.7. The van der Waals surface area contributed by atoms with Crippen molar-refractivity contribution in [2.45, 2.75) is 162 Å². The SMILES string of the molecule is Cc1cc(C)c(S(=O)(=O)N(CCCN(CCCN(C(C)C)S(=O)(=O)c2c(C)cc(C)cc2C)S(=O)(=O)c2c(C)cc(C)cc2C)CCCN(C(C)C)S(=O)(=O)c2c(C)cc(C)cc2C)c(C)c1. The van der Waals surface area contributed by atoms with Crippen molar-refractivity contribution in [2.75, 3.05) is 39.3 Å². The molecule has 0 radical (unpaired) electrons. The minimum atomic E-state index is -4.17. The Kier molecular flexibility index (Phi) is 18.5. The molecule has 67 heavy (non-hydrogen) atoms. The van der Waals surface area contributed by atoms with Gasteiger partial charge in [-0.3, -0.25) is 0 Å². The molecule has 0 amide bonds. The lowest BCUT2D eigenvalue weighted by Crippen LogP contribution is -2.42. The van der Waals surface area contributed by atoms with Gasteiger partial charge in [-0.15, -0.1) is 0 Å². The van der Waals surface area contributed by atoms with Gasteiger partial charge in [0.1, 0.15) is 0 Å². The van der Waals surface area contributed by atoms with E-state index >= 15 is 0 Å². The topological polar surface area (TPSA) is 150 Å². The van der Waals surface area contributed by atoms with Gasteiger partial charge in [0.2, 0.25) is 40.1 Å². The lowest BCUT2D eigenvalue weighted by molar-refractivity contribution is 0.308. The first-order chi connectivity index (χ1) is 30.9. The standard InChI is InChI=1S/C51H76N4O8S4/c1-34(2)54(66(60,61)50-44(13)30-38(7)31-45(50)14)24-18-22-52(64(56,57)48-40(9)26-36(5)27-41(48)10)20-17-21-53(65(58,59)49-42(11)28-37(6)29-43(49)12)23-19-25-55(35(3)4)67(62,63)51-46(15)32-39(8)33-47(51)16/h26-35H,17-25H2,1-16H3. The van der Waals surface area contributed by atoms with Gasteiger partial charge in [0, 0.05) is 51.4 Å². The monoisotopic (exact) mass is 1000 g/mol. The number of hydrogen-bond acceptors (Lipinski definition) is 8. The Morgan fingerprint density at radius 1 is 0.313 bits per heavy atom. The van der Waals surface area contributed by atoms with Gasteiger partial charge in [-0.05, 0) is 175 Å². The molecule has 0 aliphatic rings. The van der Waals surface area contributed by atoms with Gasteiger partial charge in [0.15, 0.2) is 0 Å². The summed E-state index contributed by atoms with van der Waals surface area (Å²) < 4.78 is 122. The largest absolute Gasteiger partial charge is 0.243 e. The molecule has 372 valence electrons. The lowest BCUT2D eigenvalue weighted by atomic mass is 10.1. The molecule has 4 aromatic carbocycles. The van der Waals surface area contributed by atoms with Gasteiger partial charge < -0.3 is 0 Å². The first-order valence-electron chi connectivity index (χ1n) is 23.2. The molecule has 0 spiro atoms. The van der Waals surface area contributed by atoms with E-state index in [4.69, 9.17) is 0 Å². The number of hydrogen-bond donors (Lipinski definition) is 0. The minimum Gasteiger partial charge on any atom is -0.207 e. The number of nitrogens with zero attached hydrogens (tertiary/aromatic N) is 4. The highest BCUT2D eigenvalue weighted by molar-refractivity contribution is 7.90. The van der Waals surface area contributed by atoms with Gasteiger partial charge in [-0.25, -0.2) is 33.7 Å². The highest BCUT2D eigenvalue weighted by Gasteiger charge is 2.35. The van der Waals surface area contributed by atoms with Crippen LogP contribution in [0.4, 0.5) is 0 Å². The Bertz CT molecular complexity index is 2620. The second-order valence-corrected chi connectivity index (χ2v) is 26.6. The molecule has 0 aliphatic carbocycles. The van der Waals surface area contributed by atoms with Crippen molar-refractivity contribution in [3.8, 4) is 0 Å². The normalized spacial score (nSPS) is 13.1. The van der Waals surface area contributed by atoms with E-state index in [9.17, 15) is 33.7 Å². The summed E-state index contributed by atoms with van der Waals surface area (Å²) in [5.41, 5.74) is 8.62. The number of aryl methyl sites for hydroxylation is 12. The molecular weight excluding hydrogens is 925 g/mol. The summed E-state index contributed by atoms with van der Waals surface area (Å²) >= 11 is 0. The van der Waals surface area contributed by atoms with Gasteiger partial charge >= 0.3 is 0 Å². The van der Waals surface area contributed by atoms with E-state index in [0.717, 1.165) is 22.3 Å². The van der Waals surface area contributed by atoms with Gasteiger partial charge in [-0.1, -0.05) is 70.8 Å². The van der Waals surface area contributed by atoms with Crippen molar-refractivity contribution < 1.29 is 33.7 Å². The Labute approximate surface area is 405 Å². The van der Waals surface area contributed by atoms with E-state index in [1.54, 1.807) is 83.1 Å². The minimum absolute atomic E-state index is 0.0261. The van der Waals surface area contributed by atoms with Crippen LogP contribution in [0.1, 0.15) is 114 Å². The van der Waals surface area contributed by atoms with Crippen molar-refractivity contribution in [3.05, 3.63) is 115 Å². The van der Waals surface area contributed by atoms with Crippen molar-refractivity contribution >= 4 is 40.1 Å². The zero-order valence-electron chi connectivity index (χ0n) is 42.8. The van der Waals surface area contributed by atoms with Crippen LogP contribution in [0.25, 0.3) is 0 Å². The average molecular weight is 1000 g/mol. The molecule has 0 unspecified atom stereocenters. The van der Waals surface area contributed by atoms with E-state index < -0.39 is 52.2 Å². The second kappa shape index (κ2) is 22.1. The zero-order valence-corrected chi connectivity index (χ0v) is 46.1. The van der Waals surface area contributed by atoms with Crippen molar-refractivity contribution in [1.29, 1.82) is 0 Å². The molecule has 4 rings (SSSR count). The van der Waals surface area contributed by atoms with Crippen molar-refractivity contribution in [3.63, 3.8) is 0 Å². The maximum Gasteiger partial charge on any atom is 0.243 e. The Morgan fingerprint density at radius 2 is 0.493 bits per heavy atom. The molecular formula is C51H76N4O8S4. The smallest absolute Gasteiger partial charge is 0.207 e. The van der Waals surface area contributed by atoms with Crippen LogP contribution >= 0.6 is 0 Å². The number of rotatable bonds is 22. The molecule has 0 aromatic heterocycles. The van der Waals surface area contributed by atoms with E-state index in [1.165, 1.54) is 17.2 Å². The molecule has 0 aliphatic heterocycles. The maximum absolute atomic E-state index is 14.8. The highest BCUT2D eigenvalue weighted by atomic mass is 32.2. The quantitative estimate of drug-likeness (QED) is 0.0756. The van der Waals surface area contributed by atoms with Crippen LogP contribution in [0, 0.1) is 83.1 Å². The van der Waals surface area contributed by atoms with Crippen LogP contribution in [0.15, 0.2) is 68.1 Å². The highest BCUT2D eigenvalue weighted by Crippen LogP contribution is 2.31. The van der Waals surface area contributed by atoms with E-state index in [1.807, 2.05) is 76.2 Å². The predicted molar refractivity (Wildman–Crippen MR) is 272 cm³/mol. The molecule has 12 nitrogen and oxygen atoms in total. The summed E-state index contributed by atoms with van der Waals surface area (Å²) in [7, 11) is -16.3. The summed E-state index contributed by atoms with van der Waals surface area (Å²) in [6.07, 6.45) is 0.454. The molecule has 0 saturated carbocycles. The van der Waals surface area contributed by atoms with Crippen molar-refractivity contribution in [1.82, 2.24) is 17.2 Å².